The van der Waals surface area contributed by atoms with Crippen LogP contribution in [0.25, 0.3) is 0 Å². The summed E-state index contributed by atoms with van der Waals surface area (Å²) in [6, 6.07) is 0.668. The first-order chi connectivity index (χ1) is 12.8. The molecular formula is C19H45N3O4Si. The van der Waals surface area contributed by atoms with Crippen molar-refractivity contribution in [2.75, 3.05) is 26.8 Å². The summed E-state index contributed by atoms with van der Waals surface area (Å²) in [5.41, 5.74) is 11.4. The monoisotopic (exact) mass is 407 g/mol. The molecular weight excluding hydrogens is 362 g/mol. The number of nitrogens with two attached hydrogens (primary N) is 2. The maximum Gasteiger partial charge on any atom is 0.505 e. The second kappa shape index (κ2) is 14.0. The smallest absolute Gasteiger partial charge is 0.377 e. The molecule has 0 aromatic carbocycles. The highest BCUT2D eigenvalue weighted by atomic mass is 28.4. The lowest BCUT2D eigenvalue weighted by Gasteiger charge is -2.44. The summed E-state index contributed by atoms with van der Waals surface area (Å²) in [4.78, 5) is 0. The molecule has 0 saturated carbocycles. The van der Waals surface area contributed by atoms with Crippen molar-refractivity contribution in [3.63, 3.8) is 0 Å². The van der Waals surface area contributed by atoms with Gasteiger partial charge in [-0.3, -0.25) is 5.32 Å². The van der Waals surface area contributed by atoms with Crippen LogP contribution in [-0.4, -0.2) is 47.2 Å². The number of hydrogen-bond acceptors (Lipinski definition) is 7. The highest BCUT2D eigenvalue weighted by Gasteiger charge is 2.51. The number of unbranched alkanes of at least 4 members (excludes halogenated alkanes) is 2. The van der Waals surface area contributed by atoms with Gasteiger partial charge in [0.1, 0.15) is 5.72 Å². The zero-order chi connectivity index (χ0) is 20.8. The molecule has 0 aliphatic carbocycles. The Bertz CT molecular complexity index is 373. The van der Waals surface area contributed by atoms with Gasteiger partial charge in [-0.1, -0.05) is 47.0 Å². The maximum atomic E-state index is 6.63. The minimum atomic E-state index is -3.10. The van der Waals surface area contributed by atoms with Crippen molar-refractivity contribution >= 4 is 8.80 Å². The third-order valence-corrected chi connectivity index (χ3v) is 7.74. The normalized spacial score (nSPS) is 18.7. The zero-order valence-corrected chi connectivity index (χ0v) is 19.6. The largest absolute Gasteiger partial charge is 0.505 e. The topological polar surface area (TPSA) is 101 Å². The van der Waals surface area contributed by atoms with Gasteiger partial charge in [0.2, 0.25) is 5.91 Å². The van der Waals surface area contributed by atoms with Crippen LogP contribution in [0.4, 0.5) is 0 Å². The molecule has 0 fully saturated rings. The molecule has 8 heteroatoms. The SMILES string of the molecule is CCCCCC(NCC)(OCC)O[Si](CCC)(OC)OC(N)(CC)CCN. The van der Waals surface area contributed by atoms with Gasteiger partial charge in [-0.25, -0.2) is 0 Å². The Balaban J connectivity index is 5.74. The van der Waals surface area contributed by atoms with Crippen molar-refractivity contribution in [2.45, 2.75) is 97.2 Å². The van der Waals surface area contributed by atoms with Crippen LogP contribution in [0, 0.1) is 0 Å². The molecule has 3 atom stereocenters. The second-order valence-corrected chi connectivity index (χ2v) is 9.65. The van der Waals surface area contributed by atoms with Crippen LogP contribution in [0.1, 0.15) is 79.6 Å². The average Bonchev–Trinajstić information content (AvgIpc) is 2.62. The summed E-state index contributed by atoms with van der Waals surface area (Å²) in [7, 11) is -1.45. The number of ether oxygens (including phenoxy) is 1. The minimum Gasteiger partial charge on any atom is -0.377 e. The van der Waals surface area contributed by atoms with Gasteiger partial charge in [-0.2, -0.15) is 0 Å². The van der Waals surface area contributed by atoms with Crippen LogP contribution < -0.4 is 16.8 Å². The van der Waals surface area contributed by atoms with E-state index in [-0.39, 0.29) is 0 Å². The first-order valence-electron chi connectivity index (χ1n) is 10.7. The van der Waals surface area contributed by atoms with Crippen molar-refractivity contribution in [3.8, 4) is 0 Å². The van der Waals surface area contributed by atoms with Crippen LogP contribution >= 0.6 is 0 Å². The minimum absolute atomic E-state index is 0.449. The Morgan fingerprint density at radius 2 is 1.67 bits per heavy atom. The Morgan fingerprint density at radius 3 is 2.11 bits per heavy atom. The molecule has 7 nitrogen and oxygen atoms in total. The third kappa shape index (κ3) is 9.32. The van der Waals surface area contributed by atoms with Gasteiger partial charge in [0, 0.05) is 32.6 Å². The molecule has 0 amide bonds. The van der Waals surface area contributed by atoms with Gasteiger partial charge < -0.3 is 29.5 Å². The van der Waals surface area contributed by atoms with Gasteiger partial charge >= 0.3 is 8.80 Å². The fourth-order valence-corrected chi connectivity index (χ4v) is 5.99. The van der Waals surface area contributed by atoms with Crippen molar-refractivity contribution in [2.24, 2.45) is 11.5 Å². The lowest BCUT2D eigenvalue weighted by atomic mass is 10.1. The Labute approximate surface area is 168 Å². The van der Waals surface area contributed by atoms with Gasteiger partial charge in [-0.05, 0) is 32.9 Å². The van der Waals surface area contributed by atoms with Crippen molar-refractivity contribution < 1.29 is 18.0 Å². The van der Waals surface area contributed by atoms with Crippen LogP contribution in [0.15, 0.2) is 0 Å². The highest BCUT2D eigenvalue weighted by Crippen LogP contribution is 2.32. The van der Waals surface area contributed by atoms with Crippen molar-refractivity contribution in [3.05, 3.63) is 0 Å². The van der Waals surface area contributed by atoms with Crippen molar-refractivity contribution in [1.29, 1.82) is 0 Å². The first kappa shape index (κ1) is 26.9. The molecule has 0 aliphatic heterocycles. The highest BCUT2D eigenvalue weighted by molar-refractivity contribution is 6.60. The van der Waals surface area contributed by atoms with Crippen LogP contribution in [0.2, 0.25) is 6.04 Å². The lowest BCUT2D eigenvalue weighted by molar-refractivity contribution is -0.237. The predicted octanol–water partition coefficient (Wildman–Crippen LogP) is 3.31. The summed E-state index contributed by atoms with van der Waals surface area (Å²) in [6.45, 7) is 12.0. The van der Waals surface area contributed by atoms with Gasteiger partial charge in [0.25, 0.3) is 0 Å². The van der Waals surface area contributed by atoms with E-state index >= 15 is 0 Å². The molecule has 3 unspecified atom stereocenters. The molecule has 5 N–H and O–H groups in total. The van der Waals surface area contributed by atoms with Crippen LogP contribution in [0.3, 0.4) is 0 Å². The summed E-state index contributed by atoms with van der Waals surface area (Å²) in [6.07, 6.45) is 6.02. The van der Waals surface area contributed by atoms with E-state index in [2.05, 4.69) is 19.2 Å². The Morgan fingerprint density at radius 1 is 0.963 bits per heavy atom. The number of hydrogen-bond donors (Lipinski definition) is 3. The predicted molar refractivity (Wildman–Crippen MR) is 113 cm³/mol. The third-order valence-electron chi connectivity index (χ3n) is 4.65. The van der Waals surface area contributed by atoms with E-state index < -0.39 is 20.4 Å². The summed E-state index contributed by atoms with van der Waals surface area (Å²) in [5, 5.41) is 3.40. The lowest BCUT2D eigenvalue weighted by Crippen LogP contribution is -2.64. The van der Waals surface area contributed by atoms with E-state index in [4.69, 9.17) is 29.5 Å². The first-order valence-corrected chi connectivity index (χ1v) is 12.6. The molecule has 0 rings (SSSR count). The number of rotatable bonds is 18. The fourth-order valence-electron chi connectivity index (χ4n) is 3.16. The van der Waals surface area contributed by atoms with E-state index in [0.29, 0.717) is 32.0 Å². The van der Waals surface area contributed by atoms with Crippen LogP contribution in [0.5, 0.6) is 0 Å². The quantitative estimate of drug-likeness (QED) is 0.182. The molecule has 0 aliphatic rings. The Hall–Kier alpha value is -0.0631. The van der Waals surface area contributed by atoms with E-state index in [9.17, 15) is 0 Å². The van der Waals surface area contributed by atoms with Gasteiger partial charge in [0.05, 0.1) is 0 Å². The molecule has 0 saturated heterocycles. The van der Waals surface area contributed by atoms with Gasteiger partial charge in [0.15, 0.2) is 0 Å². The molecule has 0 spiro atoms. The van der Waals surface area contributed by atoms with E-state index in [1.165, 1.54) is 0 Å². The molecule has 0 aromatic heterocycles. The molecule has 0 radical (unpaired) electrons. The summed E-state index contributed by atoms with van der Waals surface area (Å²) >= 11 is 0. The fraction of sp³-hybridized carbons (Fsp3) is 1.00. The maximum absolute atomic E-state index is 6.63. The average molecular weight is 408 g/mol. The van der Waals surface area contributed by atoms with Gasteiger partial charge in [-0.15, -0.1) is 0 Å². The van der Waals surface area contributed by atoms with E-state index in [0.717, 1.165) is 38.6 Å². The molecule has 164 valence electrons. The standard InChI is InChI=1S/C19H45N3O4Si/c1-7-12-13-14-19(22-10-4,24-11-5)26-27(23-6,17-8-2)25-18(21,9-3)15-16-20/h22H,7-17,20-21H2,1-6H3. The Kier molecular flexibility index (Phi) is 14.0. The van der Waals surface area contributed by atoms with E-state index in [1.54, 1.807) is 7.11 Å². The zero-order valence-electron chi connectivity index (χ0n) is 18.6. The number of nitrogens with one attached hydrogen (secondary N) is 1. The molecule has 0 bridgehead atoms. The summed E-state index contributed by atoms with van der Waals surface area (Å²) < 4.78 is 25.1. The summed E-state index contributed by atoms with van der Waals surface area (Å²) in [5.74, 6) is -0.923. The molecule has 0 aromatic rings. The van der Waals surface area contributed by atoms with E-state index in [1.807, 2.05) is 20.8 Å². The molecule has 0 heterocycles. The van der Waals surface area contributed by atoms with Crippen LogP contribution in [-0.2, 0) is 18.0 Å². The molecule has 27 heavy (non-hydrogen) atoms. The van der Waals surface area contributed by atoms with Crippen molar-refractivity contribution in [1.82, 2.24) is 5.32 Å². The second-order valence-electron chi connectivity index (χ2n) is 6.97.